The number of esters is 1. The highest BCUT2D eigenvalue weighted by Gasteiger charge is 2.17. The second-order valence-electron chi connectivity index (χ2n) is 4.30. The zero-order valence-electron chi connectivity index (χ0n) is 10.4. The number of carbonyl (C=O) groups is 1. The molecule has 2 rings (SSSR count). The lowest BCUT2D eigenvalue weighted by molar-refractivity contribution is -0.142. The fourth-order valence-corrected chi connectivity index (χ4v) is 2.10. The normalized spacial score (nSPS) is 12.6. The van der Waals surface area contributed by atoms with Crippen LogP contribution in [0.2, 0.25) is 0 Å². The number of aromatic nitrogens is 1. The monoisotopic (exact) mass is 248 g/mol. The Bertz CT molecular complexity index is 589. The third kappa shape index (κ3) is 2.17. The van der Waals surface area contributed by atoms with Crippen molar-refractivity contribution in [1.29, 1.82) is 0 Å². The lowest BCUT2D eigenvalue weighted by Gasteiger charge is -2.08. The third-order valence-corrected chi connectivity index (χ3v) is 3.00. The Morgan fingerprint density at radius 1 is 1.56 bits per heavy atom. The standard InChI is InChI=1S/C13H16N2O3/c1-15-7-8(5-11(14)13(17)18-2)10-6-9(16)3-4-12(10)15/h3-4,6-7,11,16H,5,14H2,1-2H3/t11-/m0/s1. The van der Waals surface area contributed by atoms with Crippen LogP contribution in [0.15, 0.2) is 24.4 Å². The zero-order chi connectivity index (χ0) is 13.3. The molecule has 5 nitrogen and oxygen atoms in total. The summed E-state index contributed by atoms with van der Waals surface area (Å²) >= 11 is 0. The van der Waals surface area contributed by atoms with Gasteiger partial charge >= 0.3 is 5.97 Å². The summed E-state index contributed by atoms with van der Waals surface area (Å²) in [6.07, 6.45) is 2.29. The van der Waals surface area contributed by atoms with Crippen LogP contribution in [0.3, 0.4) is 0 Å². The quantitative estimate of drug-likeness (QED) is 0.792. The number of methoxy groups -OCH3 is 1. The number of hydrogen-bond donors (Lipinski definition) is 2. The second-order valence-corrected chi connectivity index (χ2v) is 4.30. The van der Waals surface area contributed by atoms with Gasteiger partial charge in [0.05, 0.1) is 7.11 Å². The van der Waals surface area contributed by atoms with Crippen LogP contribution in [0.1, 0.15) is 5.56 Å². The van der Waals surface area contributed by atoms with E-state index in [1.807, 2.05) is 23.9 Å². The van der Waals surface area contributed by atoms with Crippen LogP contribution in [0.4, 0.5) is 0 Å². The predicted molar refractivity (Wildman–Crippen MR) is 68.3 cm³/mol. The maximum atomic E-state index is 11.3. The number of rotatable bonds is 3. The molecule has 18 heavy (non-hydrogen) atoms. The molecule has 0 aliphatic rings. The molecule has 0 spiro atoms. The van der Waals surface area contributed by atoms with Crippen LogP contribution >= 0.6 is 0 Å². The van der Waals surface area contributed by atoms with Crippen molar-refractivity contribution in [3.8, 4) is 5.75 Å². The Morgan fingerprint density at radius 3 is 2.94 bits per heavy atom. The summed E-state index contributed by atoms with van der Waals surface area (Å²) in [6, 6.07) is 4.45. The fourth-order valence-electron chi connectivity index (χ4n) is 2.10. The molecule has 0 bridgehead atoms. The molecule has 0 aliphatic heterocycles. The van der Waals surface area contributed by atoms with E-state index in [-0.39, 0.29) is 5.75 Å². The molecular weight excluding hydrogens is 232 g/mol. The van der Waals surface area contributed by atoms with Gasteiger partial charge in [-0.3, -0.25) is 4.79 Å². The molecule has 96 valence electrons. The molecule has 5 heteroatoms. The molecule has 1 heterocycles. The SMILES string of the molecule is COC(=O)[C@@H](N)Cc1cn(C)c2ccc(O)cc12. The Labute approximate surface area is 105 Å². The summed E-state index contributed by atoms with van der Waals surface area (Å²) in [4.78, 5) is 11.3. The molecule has 0 saturated heterocycles. The maximum Gasteiger partial charge on any atom is 0.322 e. The van der Waals surface area contributed by atoms with Crippen molar-refractivity contribution in [1.82, 2.24) is 4.57 Å². The molecule has 0 fully saturated rings. The largest absolute Gasteiger partial charge is 0.508 e. The minimum absolute atomic E-state index is 0.196. The fraction of sp³-hybridized carbons (Fsp3) is 0.308. The van der Waals surface area contributed by atoms with Crippen LogP contribution in [0, 0.1) is 0 Å². The maximum absolute atomic E-state index is 11.3. The van der Waals surface area contributed by atoms with Crippen LogP contribution < -0.4 is 5.73 Å². The van der Waals surface area contributed by atoms with E-state index in [4.69, 9.17) is 5.73 Å². The number of phenolic OH excluding ortho intramolecular Hbond substituents is 1. The van der Waals surface area contributed by atoms with Crippen LogP contribution in [0.5, 0.6) is 5.75 Å². The average molecular weight is 248 g/mol. The molecule has 0 unspecified atom stereocenters. The van der Waals surface area contributed by atoms with Gasteiger partial charge in [0, 0.05) is 30.6 Å². The first kappa shape index (κ1) is 12.4. The van der Waals surface area contributed by atoms with Crippen molar-refractivity contribution in [3.63, 3.8) is 0 Å². The van der Waals surface area contributed by atoms with Gasteiger partial charge in [-0.1, -0.05) is 0 Å². The minimum Gasteiger partial charge on any atom is -0.508 e. The third-order valence-electron chi connectivity index (χ3n) is 3.00. The minimum atomic E-state index is -0.692. The van der Waals surface area contributed by atoms with E-state index in [2.05, 4.69) is 4.74 Å². The van der Waals surface area contributed by atoms with Crippen molar-refractivity contribution >= 4 is 16.9 Å². The number of nitrogens with two attached hydrogens (primary N) is 1. The van der Waals surface area contributed by atoms with E-state index in [0.717, 1.165) is 16.5 Å². The van der Waals surface area contributed by atoms with Gasteiger partial charge in [-0.15, -0.1) is 0 Å². The molecule has 0 radical (unpaired) electrons. The number of aromatic hydroxyl groups is 1. The van der Waals surface area contributed by atoms with Gasteiger partial charge < -0.3 is 20.1 Å². The van der Waals surface area contributed by atoms with Gasteiger partial charge in [-0.2, -0.15) is 0 Å². The molecule has 3 N–H and O–H groups in total. The van der Waals surface area contributed by atoms with E-state index in [0.29, 0.717) is 6.42 Å². The number of nitrogens with zero attached hydrogens (tertiary/aromatic N) is 1. The number of phenols is 1. The molecule has 2 aromatic rings. The highest BCUT2D eigenvalue weighted by Crippen LogP contribution is 2.25. The number of aryl methyl sites for hydroxylation is 1. The smallest absolute Gasteiger partial charge is 0.322 e. The van der Waals surface area contributed by atoms with E-state index in [1.54, 1.807) is 12.1 Å². The summed E-state index contributed by atoms with van der Waals surface area (Å²) in [5.74, 6) is -0.242. The Morgan fingerprint density at radius 2 is 2.28 bits per heavy atom. The summed E-state index contributed by atoms with van der Waals surface area (Å²) < 4.78 is 6.55. The number of hydrogen-bond acceptors (Lipinski definition) is 4. The van der Waals surface area contributed by atoms with Crippen molar-refractivity contribution in [2.45, 2.75) is 12.5 Å². The second kappa shape index (κ2) is 4.70. The molecular formula is C13H16N2O3. The molecule has 1 atom stereocenters. The van der Waals surface area contributed by atoms with Crippen molar-refractivity contribution < 1.29 is 14.6 Å². The van der Waals surface area contributed by atoms with Gasteiger partial charge in [-0.25, -0.2) is 0 Å². The number of fused-ring (bicyclic) bond motifs is 1. The molecule has 0 amide bonds. The van der Waals surface area contributed by atoms with Gasteiger partial charge in [-0.05, 0) is 23.8 Å². The Kier molecular flexibility index (Phi) is 3.25. The van der Waals surface area contributed by atoms with Gasteiger partial charge in [0.15, 0.2) is 0 Å². The predicted octanol–water partition coefficient (Wildman–Crippen LogP) is 0.927. The first-order valence-corrected chi connectivity index (χ1v) is 5.63. The molecule has 1 aromatic heterocycles. The van der Waals surface area contributed by atoms with Gasteiger partial charge in [0.1, 0.15) is 11.8 Å². The summed E-state index contributed by atoms with van der Waals surface area (Å²) in [6.45, 7) is 0. The average Bonchev–Trinajstić information content (AvgIpc) is 2.64. The van der Waals surface area contributed by atoms with E-state index < -0.39 is 12.0 Å². The molecule has 1 aromatic carbocycles. The van der Waals surface area contributed by atoms with Gasteiger partial charge in [0.25, 0.3) is 0 Å². The summed E-state index contributed by atoms with van der Waals surface area (Å²) in [5, 5.41) is 10.4. The highest BCUT2D eigenvalue weighted by atomic mass is 16.5. The topological polar surface area (TPSA) is 77.5 Å². The van der Waals surface area contributed by atoms with Crippen molar-refractivity contribution in [2.24, 2.45) is 12.8 Å². The van der Waals surface area contributed by atoms with Crippen LogP contribution in [0.25, 0.3) is 10.9 Å². The van der Waals surface area contributed by atoms with Crippen LogP contribution in [-0.2, 0) is 23.0 Å². The lowest BCUT2D eigenvalue weighted by Crippen LogP contribution is -2.33. The number of benzene rings is 1. The first-order valence-electron chi connectivity index (χ1n) is 5.63. The Balaban J connectivity index is 2.39. The zero-order valence-corrected chi connectivity index (χ0v) is 10.4. The van der Waals surface area contributed by atoms with Crippen molar-refractivity contribution in [2.75, 3.05) is 7.11 Å². The Hall–Kier alpha value is -2.01. The summed E-state index contributed by atoms with van der Waals surface area (Å²) in [7, 11) is 3.23. The highest BCUT2D eigenvalue weighted by molar-refractivity contribution is 5.86. The van der Waals surface area contributed by atoms with Crippen LogP contribution in [-0.4, -0.2) is 28.8 Å². The van der Waals surface area contributed by atoms with Crippen molar-refractivity contribution in [3.05, 3.63) is 30.0 Å². The molecule has 0 saturated carbocycles. The van der Waals surface area contributed by atoms with Gasteiger partial charge in [0.2, 0.25) is 0 Å². The number of ether oxygens (including phenoxy) is 1. The number of carbonyl (C=O) groups excluding carboxylic acids is 1. The van der Waals surface area contributed by atoms with E-state index in [9.17, 15) is 9.90 Å². The van der Waals surface area contributed by atoms with E-state index >= 15 is 0 Å². The summed E-state index contributed by atoms with van der Waals surface area (Å²) in [5.41, 5.74) is 7.66. The van der Waals surface area contributed by atoms with E-state index in [1.165, 1.54) is 7.11 Å². The lowest BCUT2D eigenvalue weighted by atomic mass is 10.1. The first-order chi connectivity index (χ1) is 8.52. The molecule has 0 aliphatic carbocycles.